The molecule has 7 heteroatoms. The first kappa shape index (κ1) is 20.5. The Morgan fingerprint density at radius 2 is 2.03 bits per heavy atom. The van der Waals surface area contributed by atoms with Crippen LogP contribution in [0.2, 0.25) is 0 Å². The highest BCUT2D eigenvalue weighted by atomic mass is 32.2. The molecule has 156 valence electrons. The third-order valence-electron chi connectivity index (χ3n) is 5.42. The van der Waals surface area contributed by atoms with Gasteiger partial charge < -0.3 is 15.6 Å². The van der Waals surface area contributed by atoms with Gasteiger partial charge in [-0.3, -0.25) is 9.59 Å². The summed E-state index contributed by atoms with van der Waals surface area (Å²) in [5.74, 6) is 1.46. The van der Waals surface area contributed by atoms with Crippen LogP contribution in [0.15, 0.2) is 48.5 Å². The largest absolute Gasteiger partial charge is 0.351 e. The van der Waals surface area contributed by atoms with Gasteiger partial charge in [-0.1, -0.05) is 30.7 Å². The van der Waals surface area contributed by atoms with Crippen LogP contribution in [0.4, 0.5) is 5.69 Å². The number of benzene rings is 2. The zero-order valence-corrected chi connectivity index (χ0v) is 17.8. The van der Waals surface area contributed by atoms with E-state index >= 15 is 0 Å². The summed E-state index contributed by atoms with van der Waals surface area (Å²) in [5.41, 5.74) is 3.69. The molecule has 1 fully saturated rings. The van der Waals surface area contributed by atoms with E-state index in [2.05, 4.69) is 20.6 Å². The maximum Gasteiger partial charge on any atom is 0.230 e. The second-order valence-corrected chi connectivity index (χ2v) is 9.02. The number of carbonyl (C=O) groups excluding carboxylic acids is 2. The summed E-state index contributed by atoms with van der Waals surface area (Å²) in [4.78, 5) is 32.3. The molecule has 2 aromatic carbocycles. The fourth-order valence-electron chi connectivity index (χ4n) is 3.37. The van der Waals surface area contributed by atoms with Crippen LogP contribution >= 0.6 is 11.8 Å². The molecule has 0 bridgehead atoms. The molecule has 0 aliphatic heterocycles. The molecule has 3 N–H and O–H groups in total. The van der Waals surface area contributed by atoms with Gasteiger partial charge in [-0.05, 0) is 49.6 Å². The third kappa shape index (κ3) is 5.02. The summed E-state index contributed by atoms with van der Waals surface area (Å²) >= 11 is 1.55. The molecule has 1 saturated carbocycles. The van der Waals surface area contributed by atoms with Gasteiger partial charge in [0.25, 0.3) is 0 Å². The number of aromatic amines is 1. The van der Waals surface area contributed by atoms with E-state index in [1.807, 2.05) is 55.5 Å². The second-order valence-electron chi connectivity index (χ2n) is 7.69. The van der Waals surface area contributed by atoms with Crippen molar-refractivity contribution in [3.8, 4) is 0 Å². The van der Waals surface area contributed by atoms with Gasteiger partial charge in [0.2, 0.25) is 11.8 Å². The maximum atomic E-state index is 12.3. The molecule has 0 saturated heterocycles. The van der Waals surface area contributed by atoms with Crippen LogP contribution in [-0.4, -0.2) is 27.5 Å². The molecule has 4 rings (SSSR count). The summed E-state index contributed by atoms with van der Waals surface area (Å²) < 4.78 is 0. The van der Waals surface area contributed by atoms with Gasteiger partial charge in [-0.2, -0.15) is 0 Å². The molecule has 1 aliphatic carbocycles. The Kier molecular flexibility index (Phi) is 6.38. The van der Waals surface area contributed by atoms with Crippen LogP contribution in [0.1, 0.15) is 42.8 Å². The Morgan fingerprint density at radius 1 is 1.20 bits per heavy atom. The van der Waals surface area contributed by atoms with Crippen LogP contribution < -0.4 is 10.6 Å². The number of amides is 2. The quantitative estimate of drug-likeness (QED) is 0.502. The minimum Gasteiger partial charge on any atom is -0.351 e. The van der Waals surface area contributed by atoms with E-state index < -0.39 is 0 Å². The summed E-state index contributed by atoms with van der Waals surface area (Å²) in [6, 6.07) is 15.6. The molecule has 1 aliphatic rings. The lowest BCUT2D eigenvalue weighted by Crippen LogP contribution is -2.28. The number of hydrogen-bond acceptors (Lipinski definition) is 4. The normalized spacial score (nSPS) is 14.8. The average molecular weight is 423 g/mol. The smallest absolute Gasteiger partial charge is 0.230 e. The number of rotatable bonds is 8. The molecular formula is C23H26N4O2S. The monoisotopic (exact) mass is 422 g/mol. The van der Waals surface area contributed by atoms with Crippen molar-refractivity contribution in [1.29, 1.82) is 0 Å². The minimum atomic E-state index is -0.0214. The standard InChI is InChI=1S/C23H26N4O2S/c1-15(22-26-19-10-2-3-11-20(19)27-22)30-14-21(28)24-13-16-6-4-9-18(12-16)25-23(29)17-7-5-8-17/h2-4,6,9-12,15,17H,5,7-8,13-14H2,1H3,(H,24,28)(H,25,29)(H,26,27). The summed E-state index contributed by atoms with van der Waals surface area (Å²) in [6.07, 6.45) is 3.09. The van der Waals surface area contributed by atoms with Crippen molar-refractivity contribution in [1.82, 2.24) is 15.3 Å². The first-order valence-corrected chi connectivity index (χ1v) is 11.4. The van der Waals surface area contributed by atoms with Crippen molar-refractivity contribution < 1.29 is 9.59 Å². The SMILES string of the molecule is CC(SCC(=O)NCc1cccc(NC(=O)C2CCC2)c1)c1nc2ccccc2[nH]1. The number of para-hydroxylation sites is 2. The molecular weight excluding hydrogens is 396 g/mol. The molecule has 30 heavy (non-hydrogen) atoms. The zero-order valence-electron chi connectivity index (χ0n) is 17.0. The van der Waals surface area contributed by atoms with Gasteiger partial charge in [0, 0.05) is 18.2 Å². The van der Waals surface area contributed by atoms with E-state index in [1.54, 1.807) is 11.8 Å². The van der Waals surface area contributed by atoms with E-state index in [0.29, 0.717) is 12.3 Å². The van der Waals surface area contributed by atoms with Crippen molar-refractivity contribution in [2.45, 2.75) is 38.0 Å². The Balaban J connectivity index is 1.24. The maximum absolute atomic E-state index is 12.3. The van der Waals surface area contributed by atoms with Gasteiger partial charge in [0.15, 0.2) is 0 Å². The van der Waals surface area contributed by atoms with Crippen molar-refractivity contribution >= 4 is 40.3 Å². The number of nitrogens with zero attached hydrogens (tertiary/aromatic N) is 1. The molecule has 1 heterocycles. The highest BCUT2D eigenvalue weighted by Crippen LogP contribution is 2.28. The summed E-state index contributed by atoms with van der Waals surface area (Å²) in [6.45, 7) is 2.48. The minimum absolute atomic E-state index is 0.0214. The van der Waals surface area contributed by atoms with Gasteiger partial charge >= 0.3 is 0 Å². The number of anilines is 1. The molecule has 0 spiro atoms. The average Bonchev–Trinajstić information content (AvgIpc) is 3.14. The lowest BCUT2D eigenvalue weighted by molar-refractivity contribution is -0.122. The number of aromatic nitrogens is 2. The van der Waals surface area contributed by atoms with Crippen molar-refractivity contribution in [2.75, 3.05) is 11.1 Å². The third-order valence-corrected chi connectivity index (χ3v) is 6.57. The fraction of sp³-hybridized carbons (Fsp3) is 0.348. The highest BCUT2D eigenvalue weighted by molar-refractivity contribution is 8.00. The van der Waals surface area contributed by atoms with Crippen LogP contribution in [0.5, 0.6) is 0 Å². The van der Waals surface area contributed by atoms with E-state index in [9.17, 15) is 9.59 Å². The van der Waals surface area contributed by atoms with Gasteiger partial charge in [0.1, 0.15) is 5.82 Å². The molecule has 3 aromatic rings. The van der Waals surface area contributed by atoms with Crippen molar-refractivity contribution in [3.63, 3.8) is 0 Å². The van der Waals surface area contributed by atoms with E-state index in [4.69, 9.17) is 0 Å². The Morgan fingerprint density at radius 3 is 2.80 bits per heavy atom. The zero-order chi connectivity index (χ0) is 20.9. The summed E-state index contributed by atoms with van der Waals surface area (Å²) in [5, 5.41) is 6.02. The van der Waals surface area contributed by atoms with E-state index in [0.717, 1.165) is 47.4 Å². The Hall–Kier alpha value is -2.80. The molecule has 0 radical (unpaired) electrons. The molecule has 1 atom stereocenters. The lowest BCUT2D eigenvalue weighted by Gasteiger charge is -2.24. The lowest BCUT2D eigenvalue weighted by atomic mass is 9.85. The number of H-pyrrole nitrogens is 1. The number of nitrogens with one attached hydrogen (secondary N) is 3. The Labute approximate surface area is 180 Å². The highest BCUT2D eigenvalue weighted by Gasteiger charge is 2.25. The number of carbonyl (C=O) groups is 2. The number of hydrogen-bond donors (Lipinski definition) is 3. The van der Waals surface area contributed by atoms with Crippen LogP contribution in [0.25, 0.3) is 11.0 Å². The first-order valence-electron chi connectivity index (χ1n) is 10.3. The van der Waals surface area contributed by atoms with Gasteiger partial charge in [-0.25, -0.2) is 4.98 Å². The molecule has 1 aromatic heterocycles. The molecule has 1 unspecified atom stereocenters. The predicted octanol–water partition coefficient (Wildman–Crippen LogP) is 4.41. The fourth-order valence-corrected chi connectivity index (χ4v) is 4.14. The van der Waals surface area contributed by atoms with Gasteiger partial charge in [0.05, 0.1) is 22.0 Å². The van der Waals surface area contributed by atoms with E-state index in [1.165, 1.54) is 0 Å². The number of thioether (sulfide) groups is 1. The first-order chi connectivity index (χ1) is 14.6. The van der Waals surface area contributed by atoms with Crippen LogP contribution in [-0.2, 0) is 16.1 Å². The second kappa shape index (κ2) is 9.34. The van der Waals surface area contributed by atoms with Crippen molar-refractivity contribution in [2.24, 2.45) is 5.92 Å². The molecule has 2 amide bonds. The number of imidazole rings is 1. The van der Waals surface area contributed by atoms with Gasteiger partial charge in [-0.15, -0.1) is 11.8 Å². The number of fused-ring (bicyclic) bond motifs is 1. The Bertz CT molecular complexity index is 1010. The predicted molar refractivity (Wildman–Crippen MR) is 121 cm³/mol. The molecule has 6 nitrogen and oxygen atoms in total. The topological polar surface area (TPSA) is 86.9 Å². The van der Waals surface area contributed by atoms with Crippen molar-refractivity contribution in [3.05, 3.63) is 59.9 Å². The van der Waals surface area contributed by atoms with Crippen LogP contribution in [0.3, 0.4) is 0 Å². The van der Waals surface area contributed by atoms with Crippen LogP contribution in [0, 0.1) is 5.92 Å². The van der Waals surface area contributed by atoms with E-state index in [-0.39, 0.29) is 23.0 Å². The summed E-state index contributed by atoms with van der Waals surface area (Å²) in [7, 11) is 0.